The van der Waals surface area contributed by atoms with Crippen molar-refractivity contribution in [1.82, 2.24) is 9.78 Å². The van der Waals surface area contributed by atoms with Crippen LogP contribution in [0.25, 0.3) is 11.3 Å². The van der Waals surface area contributed by atoms with Gasteiger partial charge in [0.15, 0.2) is 0 Å². The van der Waals surface area contributed by atoms with E-state index in [1.165, 1.54) is 12.0 Å². The summed E-state index contributed by atoms with van der Waals surface area (Å²) >= 11 is 0. The summed E-state index contributed by atoms with van der Waals surface area (Å²) in [6, 6.07) is 10.0. The largest absolute Gasteiger partial charge is 0.383 e. The quantitative estimate of drug-likeness (QED) is 0.873. The number of rotatable bonds is 2. The lowest BCUT2D eigenvalue weighted by Gasteiger charge is -2.05. The van der Waals surface area contributed by atoms with Gasteiger partial charge in [0.2, 0.25) is 0 Å². The van der Waals surface area contributed by atoms with Crippen molar-refractivity contribution in [3.8, 4) is 5.69 Å². The molecule has 1 aliphatic rings. The highest BCUT2D eigenvalue weighted by Gasteiger charge is 2.18. The Balaban J connectivity index is 2.11. The number of allylic oxidation sites excluding steroid dienone is 2. The molecule has 0 radical (unpaired) electrons. The molecule has 2 aromatic rings. The number of nitrogen functional groups attached to an aromatic ring is 1. The van der Waals surface area contributed by atoms with Gasteiger partial charge in [0.1, 0.15) is 5.82 Å². The molecule has 1 heterocycles. The molecule has 0 spiro atoms. The fraction of sp³-hybridized carbons (Fsp3) is 0.267. The Bertz CT molecular complexity index is 594. The first-order valence-corrected chi connectivity index (χ1v) is 6.37. The molecular weight excluding hydrogens is 222 g/mol. The van der Waals surface area contributed by atoms with Gasteiger partial charge in [-0.3, -0.25) is 0 Å². The molecule has 0 saturated carbocycles. The number of anilines is 1. The van der Waals surface area contributed by atoms with E-state index in [0.29, 0.717) is 0 Å². The molecule has 3 heteroatoms. The zero-order chi connectivity index (χ0) is 12.5. The lowest BCUT2D eigenvalue weighted by molar-refractivity contribution is 0.872. The fourth-order valence-electron chi connectivity index (χ4n) is 2.61. The molecule has 0 aliphatic heterocycles. The Labute approximate surface area is 107 Å². The van der Waals surface area contributed by atoms with Gasteiger partial charge in [-0.25, -0.2) is 4.68 Å². The number of hydrogen-bond donors (Lipinski definition) is 1. The van der Waals surface area contributed by atoms with Crippen LogP contribution < -0.4 is 5.73 Å². The number of nitrogens with two attached hydrogens (primary N) is 1. The summed E-state index contributed by atoms with van der Waals surface area (Å²) in [5, 5.41) is 4.58. The summed E-state index contributed by atoms with van der Waals surface area (Å²) in [6.07, 6.45) is 5.79. The van der Waals surface area contributed by atoms with Gasteiger partial charge in [0, 0.05) is 5.56 Å². The molecule has 0 fully saturated rings. The van der Waals surface area contributed by atoms with E-state index in [1.807, 2.05) is 41.9 Å². The number of benzene rings is 1. The molecule has 1 aliphatic carbocycles. The summed E-state index contributed by atoms with van der Waals surface area (Å²) in [4.78, 5) is 0. The van der Waals surface area contributed by atoms with Crippen molar-refractivity contribution >= 4 is 11.4 Å². The predicted octanol–water partition coefficient (Wildman–Crippen LogP) is 3.33. The van der Waals surface area contributed by atoms with Gasteiger partial charge in [0.05, 0.1) is 11.4 Å². The van der Waals surface area contributed by atoms with Crippen molar-refractivity contribution in [2.24, 2.45) is 0 Å². The highest BCUT2D eigenvalue weighted by molar-refractivity contribution is 5.77. The molecule has 0 atom stereocenters. The van der Waals surface area contributed by atoms with Crippen LogP contribution in [0.3, 0.4) is 0 Å². The lowest BCUT2D eigenvalue weighted by atomic mass is 10.1. The molecule has 0 amide bonds. The third-order valence-corrected chi connectivity index (χ3v) is 3.46. The van der Waals surface area contributed by atoms with Crippen LogP contribution in [0.5, 0.6) is 0 Å². The molecule has 2 N–H and O–H groups in total. The van der Waals surface area contributed by atoms with E-state index in [2.05, 4.69) is 11.2 Å². The van der Waals surface area contributed by atoms with Gasteiger partial charge in [0.25, 0.3) is 0 Å². The third kappa shape index (κ3) is 1.72. The average molecular weight is 239 g/mol. The third-order valence-electron chi connectivity index (χ3n) is 3.46. The molecule has 18 heavy (non-hydrogen) atoms. The maximum absolute atomic E-state index is 6.28. The SMILES string of the molecule is Cc1nn(-c2ccccc2)c(N)c1C1=CCCC1. The maximum Gasteiger partial charge on any atom is 0.135 e. The zero-order valence-corrected chi connectivity index (χ0v) is 10.6. The van der Waals surface area contributed by atoms with Crippen LogP contribution in [0.4, 0.5) is 5.82 Å². The molecule has 3 nitrogen and oxygen atoms in total. The van der Waals surface area contributed by atoms with Crippen LogP contribution >= 0.6 is 0 Å². The van der Waals surface area contributed by atoms with Crippen molar-refractivity contribution in [3.05, 3.63) is 47.7 Å². The van der Waals surface area contributed by atoms with E-state index in [1.54, 1.807) is 0 Å². The van der Waals surface area contributed by atoms with Gasteiger partial charge in [-0.2, -0.15) is 5.10 Å². The number of hydrogen-bond acceptors (Lipinski definition) is 2. The van der Waals surface area contributed by atoms with Crippen molar-refractivity contribution in [3.63, 3.8) is 0 Å². The van der Waals surface area contributed by atoms with Crippen LogP contribution in [0.1, 0.15) is 30.5 Å². The molecule has 3 rings (SSSR count). The minimum absolute atomic E-state index is 0.756. The lowest BCUT2D eigenvalue weighted by Crippen LogP contribution is -2.02. The molecule has 1 aromatic carbocycles. The minimum Gasteiger partial charge on any atom is -0.383 e. The predicted molar refractivity (Wildman–Crippen MR) is 74.5 cm³/mol. The van der Waals surface area contributed by atoms with Gasteiger partial charge in [-0.1, -0.05) is 24.3 Å². The molecule has 1 aromatic heterocycles. The van der Waals surface area contributed by atoms with Crippen molar-refractivity contribution in [2.45, 2.75) is 26.2 Å². The number of para-hydroxylation sites is 1. The second kappa shape index (κ2) is 4.33. The minimum atomic E-state index is 0.756. The first kappa shape index (κ1) is 11.1. The van der Waals surface area contributed by atoms with Crippen LogP contribution in [0.2, 0.25) is 0 Å². The van der Waals surface area contributed by atoms with Gasteiger partial charge in [-0.05, 0) is 43.9 Å². The van der Waals surface area contributed by atoms with Crippen LogP contribution in [0.15, 0.2) is 36.4 Å². The normalized spacial score (nSPS) is 14.8. The first-order valence-electron chi connectivity index (χ1n) is 6.37. The van der Waals surface area contributed by atoms with E-state index in [0.717, 1.165) is 35.6 Å². The number of aryl methyl sites for hydroxylation is 1. The summed E-state index contributed by atoms with van der Waals surface area (Å²) in [5.74, 6) is 0.756. The highest BCUT2D eigenvalue weighted by Crippen LogP contribution is 2.34. The first-order chi connectivity index (χ1) is 8.77. The van der Waals surface area contributed by atoms with E-state index in [-0.39, 0.29) is 0 Å². The molecule has 0 bridgehead atoms. The van der Waals surface area contributed by atoms with Crippen LogP contribution in [-0.4, -0.2) is 9.78 Å². The topological polar surface area (TPSA) is 43.8 Å². The highest BCUT2D eigenvalue weighted by atomic mass is 15.3. The van der Waals surface area contributed by atoms with Crippen LogP contribution in [0, 0.1) is 6.92 Å². The number of nitrogens with zero attached hydrogens (tertiary/aromatic N) is 2. The maximum atomic E-state index is 6.28. The standard InChI is InChI=1S/C15H17N3/c1-11-14(12-7-5-6-8-12)15(16)18(17-11)13-9-3-2-4-10-13/h2-4,7,9-10H,5-6,8,16H2,1H3. The average Bonchev–Trinajstić information content (AvgIpc) is 2.99. The summed E-state index contributed by atoms with van der Waals surface area (Å²) in [5.41, 5.74) is 10.8. The summed E-state index contributed by atoms with van der Waals surface area (Å²) in [6.45, 7) is 2.03. The Hall–Kier alpha value is -2.03. The number of aromatic nitrogens is 2. The summed E-state index contributed by atoms with van der Waals surface area (Å²) in [7, 11) is 0. The Morgan fingerprint density at radius 2 is 2.00 bits per heavy atom. The second-order valence-corrected chi connectivity index (χ2v) is 4.71. The van der Waals surface area contributed by atoms with Gasteiger partial charge < -0.3 is 5.73 Å². The smallest absolute Gasteiger partial charge is 0.135 e. The molecule has 0 unspecified atom stereocenters. The van der Waals surface area contributed by atoms with Crippen LogP contribution in [-0.2, 0) is 0 Å². The summed E-state index contributed by atoms with van der Waals surface area (Å²) < 4.78 is 1.84. The van der Waals surface area contributed by atoms with Gasteiger partial charge in [-0.15, -0.1) is 0 Å². The molecular formula is C15H17N3. The monoisotopic (exact) mass is 239 g/mol. The van der Waals surface area contributed by atoms with E-state index in [4.69, 9.17) is 5.73 Å². The Morgan fingerprint density at radius 3 is 2.67 bits per heavy atom. The van der Waals surface area contributed by atoms with E-state index < -0.39 is 0 Å². The van der Waals surface area contributed by atoms with E-state index in [9.17, 15) is 0 Å². The second-order valence-electron chi connectivity index (χ2n) is 4.71. The van der Waals surface area contributed by atoms with Crippen molar-refractivity contribution in [2.75, 3.05) is 5.73 Å². The van der Waals surface area contributed by atoms with Crippen molar-refractivity contribution in [1.29, 1.82) is 0 Å². The zero-order valence-electron chi connectivity index (χ0n) is 10.6. The Kier molecular flexibility index (Phi) is 2.67. The molecule has 92 valence electrons. The van der Waals surface area contributed by atoms with E-state index >= 15 is 0 Å². The Morgan fingerprint density at radius 1 is 1.22 bits per heavy atom. The fourth-order valence-corrected chi connectivity index (χ4v) is 2.61. The molecule has 0 saturated heterocycles. The van der Waals surface area contributed by atoms with Crippen molar-refractivity contribution < 1.29 is 0 Å². The van der Waals surface area contributed by atoms with Gasteiger partial charge >= 0.3 is 0 Å².